The van der Waals surface area contributed by atoms with Crippen molar-refractivity contribution in [3.63, 3.8) is 0 Å². The van der Waals surface area contributed by atoms with Gasteiger partial charge in [0.15, 0.2) is 0 Å². The minimum atomic E-state index is -0.578. The van der Waals surface area contributed by atoms with Gasteiger partial charge >= 0.3 is 6.03 Å². The zero-order chi connectivity index (χ0) is 31.9. The lowest BCUT2D eigenvalue weighted by Gasteiger charge is -2.31. The number of fused-ring (bicyclic) bond motifs is 2. The maximum atomic E-state index is 15.4. The van der Waals surface area contributed by atoms with Gasteiger partial charge in [0.05, 0.1) is 18.8 Å². The number of ether oxygens (including phenoxy) is 1. The van der Waals surface area contributed by atoms with Gasteiger partial charge in [-0.15, -0.1) is 0 Å². The SMILES string of the molecule is CCN(CC)C(=O)N1CC=C(c2cc3c(-c4cccc(N5CCOc6cc(C7CC7)cc(F)c6C5=O)c4CO)ccnc3[nH]2)CC1. The summed E-state index contributed by atoms with van der Waals surface area (Å²) in [4.78, 5) is 40.0. The number of carbonyl (C=O) groups excluding carboxylic acids is 2. The number of carbonyl (C=O) groups is 2. The number of anilines is 1. The normalized spacial score (nSPS) is 16.6. The molecule has 1 aliphatic carbocycles. The van der Waals surface area contributed by atoms with Crippen molar-refractivity contribution < 1.29 is 23.8 Å². The van der Waals surface area contributed by atoms with Crippen LogP contribution in [0.15, 0.2) is 54.7 Å². The lowest BCUT2D eigenvalue weighted by atomic mass is 9.95. The van der Waals surface area contributed by atoms with Crippen LogP contribution in [-0.4, -0.2) is 76.1 Å². The molecule has 0 saturated heterocycles. The van der Waals surface area contributed by atoms with Crippen molar-refractivity contribution in [2.24, 2.45) is 0 Å². The van der Waals surface area contributed by atoms with Crippen molar-refractivity contribution in [2.75, 3.05) is 44.2 Å². The van der Waals surface area contributed by atoms with Crippen molar-refractivity contribution in [3.05, 3.63) is 82.9 Å². The smallest absolute Gasteiger partial charge is 0.320 e. The molecule has 0 unspecified atom stereocenters. The quantitative estimate of drug-likeness (QED) is 0.251. The molecule has 1 fully saturated rings. The van der Waals surface area contributed by atoms with Crippen LogP contribution in [0.5, 0.6) is 5.75 Å². The highest BCUT2D eigenvalue weighted by atomic mass is 19.1. The Hall–Kier alpha value is -4.70. The second-order valence-electron chi connectivity index (χ2n) is 12.1. The Morgan fingerprint density at radius 3 is 2.67 bits per heavy atom. The fourth-order valence-electron chi connectivity index (χ4n) is 6.75. The first-order valence-electron chi connectivity index (χ1n) is 16.1. The fourth-order valence-corrected chi connectivity index (χ4v) is 6.75. The van der Waals surface area contributed by atoms with Crippen LogP contribution in [0.1, 0.15) is 66.2 Å². The summed E-state index contributed by atoms with van der Waals surface area (Å²) >= 11 is 0. The Bertz CT molecular complexity index is 1860. The molecule has 0 bridgehead atoms. The average Bonchev–Trinajstić information content (AvgIpc) is 3.86. The number of aliphatic hydroxyl groups excluding tert-OH is 1. The number of aromatic amines is 1. The lowest BCUT2D eigenvalue weighted by molar-refractivity contribution is 0.0985. The zero-order valence-electron chi connectivity index (χ0n) is 26.2. The summed E-state index contributed by atoms with van der Waals surface area (Å²) in [5, 5.41) is 11.6. The van der Waals surface area contributed by atoms with Crippen LogP contribution in [0.3, 0.4) is 0 Å². The van der Waals surface area contributed by atoms with Crippen molar-refractivity contribution in [1.29, 1.82) is 0 Å². The number of aromatic nitrogens is 2. The molecular weight excluding hydrogens is 585 g/mol. The van der Waals surface area contributed by atoms with Gasteiger partial charge in [-0.1, -0.05) is 18.2 Å². The van der Waals surface area contributed by atoms with Crippen molar-refractivity contribution in [1.82, 2.24) is 19.8 Å². The Morgan fingerprint density at radius 2 is 1.96 bits per heavy atom. The van der Waals surface area contributed by atoms with Gasteiger partial charge in [0.1, 0.15) is 29.4 Å². The topological polar surface area (TPSA) is 102 Å². The maximum Gasteiger partial charge on any atom is 0.320 e. The van der Waals surface area contributed by atoms with E-state index < -0.39 is 11.7 Å². The molecule has 1 saturated carbocycles. The minimum absolute atomic E-state index is 0.0565. The summed E-state index contributed by atoms with van der Waals surface area (Å²) < 4.78 is 21.3. The van der Waals surface area contributed by atoms with Gasteiger partial charge in [0.2, 0.25) is 0 Å². The van der Waals surface area contributed by atoms with Crippen molar-refractivity contribution in [2.45, 2.75) is 45.6 Å². The minimum Gasteiger partial charge on any atom is -0.491 e. The largest absolute Gasteiger partial charge is 0.491 e. The highest BCUT2D eigenvalue weighted by Crippen LogP contribution is 2.44. The molecule has 0 atom stereocenters. The molecule has 2 aromatic heterocycles. The number of benzene rings is 2. The number of hydrogen-bond donors (Lipinski definition) is 2. The molecule has 3 amide bonds. The third-order valence-corrected chi connectivity index (χ3v) is 9.44. The summed E-state index contributed by atoms with van der Waals surface area (Å²) in [5.74, 6) is -0.455. The number of H-pyrrole nitrogens is 1. The molecule has 2 aliphatic heterocycles. The van der Waals surface area contributed by atoms with E-state index in [1.54, 1.807) is 18.3 Å². The van der Waals surface area contributed by atoms with E-state index in [4.69, 9.17) is 4.74 Å². The summed E-state index contributed by atoms with van der Waals surface area (Å²) in [6, 6.07) is 12.8. The number of amides is 3. The predicted molar refractivity (Wildman–Crippen MR) is 175 cm³/mol. The van der Waals surface area contributed by atoms with Crippen molar-refractivity contribution >= 4 is 34.2 Å². The summed E-state index contributed by atoms with van der Waals surface area (Å²) in [6.07, 6.45) is 6.56. The second-order valence-corrected chi connectivity index (χ2v) is 12.1. The highest BCUT2D eigenvalue weighted by Gasteiger charge is 2.33. The van der Waals surface area contributed by atoms with Crippen LogP contribution in [0.2, 0.25) is 0 Å². The van der Waals surface area contributed by atoms with Gasteiger partial charge in [0.25, 0.3) is 5.91 Å². The first kappa shape index (κ1) is 30.0. The third-order valence-electron chi connectivity index (χ3n) is 9.44. The molecule has 9 nitrogen and oxygen atoms in total. The Kier molecular flexibility index (Phi) is 7.98. The molecule has 0 spiro atoms. The standard InChI is InChI=1S/C36H38FN5O4/c1-3-40(4-2)36(45)41-14-11-23(12-15-41)30-20-27-26(10-13-38-34(27)39-30)25-6-5-7-31(28(25)21-43)42-16-17-46-32-19-24(22-8-9-22)18-29(37)33(32)35(42)44/h5-7,10-11,13,18-20,22,43H,3-4,8-9,12,14-17,21H2,1-2H3,(H,38,39). The van der Waals surface area contributed by atoms with Gasteiger partial charge in [0, 0.05) is 49.0 Å². The van der Waals surface area contributed by atoms with Crippen LogP contribution in [0, 0.1) is 5.82 Å². The van der Waals surface area contributed by atoms with Gasteiger partial charge in [-0.05, 0) is 91.6 Å². The van der Waals surface area contributed by atoms with Crippen molar-refractivity contribution in [3.8, 4) is 16.9 Å². The summed E-state index contributed by atoms with van der Waals surface area (Å²) in [6.45, 7) is 6.60. The lowest BCUT2D eigenvalue weighted by Crippen LogP contribution is -2.44. The molecule has 4 heterocycles. The molecular formula is C36H38FN5O4. The Labute approximate surface area is 267 Å². The molecule has 7 rings (SSSR count). The van der Waals surface area contributed by atoms with Crippen LogP contribution >= 0.6 is 0 Å². The van der Waals surface area contributed by atoms with Crippen LogP contribution in [0.4, 0.5) is 14.9 Å². The highest BCUT2D eigenvalue weighted by molar-refractivity contribution is 6.09. The zero-order valence-corrected chi connectivity index (χ0v) is 26.2. The van der Waals surface area contributed by atoms with E-state index in [2.05, 4.69) is 22.1 Å². The molecule has 3 aliphatic rings. The van der Waals surface area contributed by atoms with Gasteiger partial charge in [-0.3, -0.25) is 4.79 Å². The van der Waals surface area contributed by atoms with E-state index in [-0.39, 0.29) is 37.1 Å². The molecule has 10 heteroatoms. The van der Waals surface area contributed by atoms with Gasteiger partial charge in [-0.25, -0.2) is 14.2 Å². The van der Waals surface area contributed by atoms with E-state index in [1.165, 1.54) is 11.0 Å². The van der Waals surface area contributed by atoms with Crippen LogP contribution < -0.4 is 9.64 Å². The summed E-state index contributed by atoms with van der Waals surface area (Å²) in [5.41, 5.74) is 6.24. The Balaban J connectivity index is 1.22. The monoisotopic (exact) mass is 623 g/mol. The first-order valence-corrected chi connectivity index (χ1v) is 16.1. The average molecular weight is 624 g/mol. The van der Waals surface area contributed by atoms with E-state index in [0.29, 0.717) is 55.4 Å². The Morgan fingerprint density at radius 1 is 1.13 bits per heavy atom. The molecule has 2 N–H and O–H groups in total. The molecule has 2 aromatic carbocycles. The number of urea groups is 1. The van der Waals surface area contributed by atoms with E-state index >= 15 is 4.39 Å². The van der Waals surface area contributed by atoms with Crippen LogP contribution in [0.25, 0.3) is 27.7 Å². The first-order chi connectivity index (χ1) is 22.4. The summed E-state index contributed by atoms with van der Waals surface area (Å²) in [7, 11) is 0. The molecule has 46 heavy (non-hydrogen) atoms. The number of hydrogen-bond acceptors (Lipinski definition) is 5. The van der Waals surface area contributed by atoms with E-state index in [9.17, 15) is 14.7 Å². The number of nitrogens with one attached hydrogen (secondary N) is 1. The maximum absolute atomic E-state index is 15.4. The second kappa shape index (κ2) is 12.2. The van der Waals surface area contributed by atoms with Gasteiger partial charge in [-0.2, -0.15) is 0 Å². The number of pyridine rings is 1. The molecule has 0 radical (unpaired) electrons. The number of nitrogens with zero attached hydrogens (tertiary/aromatic N) is 4. The third kappa shape index (κ3) is 5.30. The number of rotatable bonds is 7. The van der Waals surface area contributed by atoms with E-state index in [0.717, 1.165) is 46.2 Å². The number of halogens is 1. The van der Waals surface area contributed by atoms with Gasteiger partial charge < -0.3 is 29.5 Å². The molecule has 238 valence electrons. The molecule has 4 aromatic rings. The van der Waals surface area contributed by atoms with E-state index in [1.807, 2.05) is 41.8 Å². The predicted octanol–water partition coefficient (Wildman–Crippen LogP) is 6.33. The number of aliphatic hydroxyl groups is 1. The van der Waals surface area contributed by atoms with Crippen LogP contribution in [-0.2, 0) is 6.61 Å². The fraction of sp³-hybridized carbons (Fsp3) is 0.361.